The van der Waals surface area contributed by atoms with Crippen molar-refractivity contribution in [2.24, 2.45) is 5.41 Å². The zero-order valence-corrected chi connectivity index (χ0v) is 8.39. The fraction of sp³-hybridized carbons (Fsp3) is 1.00. The SMILES string of the molecule is C1CCC(N2CC3(CCNC3)C2)C1. The fourth-order valence-corrected chi connectivity index (χ4v) is 3.41. The summed E-state index contributed by atoms with van der Waals surface area (Å²) in [5.74, 6) is 0. The van der Waals surface area contributed by atoms with Crippen LogP contribution in [-0.2, 0) is 0 Å². The summed E-state index contributed by atoms with van der Waals surface area (Å²) in [6.45, 7) is 5.34. The van der Waals surface area contributed by atoms with Crippen LogP contribution in [0.5, 0.6) is 0 Å². The minimum absolute atomic E-state index is 0.711. The average Bonchev–Trinajstić information content (AvgIpc) is 2.72. The topological polar surface area (TPSA) is 15.3 Å². The predicted octanol–water partition coefficient (Wildman–Crippen LogP) is 1.22. The molecule has 0 aromatic carbocycles. The second kappa shape index (κ2) is 2.96. The van der Waals surface area contributed by atoms with E-state index < -0.39 is 0 Å². The maximum Gasteiger partial charge on any atom is 0.00957 e. The van der Waals surface area contributed by atoms with Crippen molar-refractivity contribution in [3.05, 3.63) is 0 Å². The van der Waals surface area contributed by atoms with Crippen molar-refractivity contribution < 1.29 is 0 Å². The van der Waals surface area contributed by atoms with Crippen molar-refractivity contribution in [3.63, 3.8) is 0 Å². The van der Waals surface area contributed by atoms with E-state index in [2.05, 4.69) is 10.2 Å². The molecular formula is C11H20N2. The smallest absolute Gasteiger partial charge is 0.00957 e. The van der Waals surface area contributed by atoms with Crippen LogP contribution in [0, 0.1) is 5.41 Å². The van der Waals surface area contributed by atoms with Gasteiger partial charge in [0.2, 0.25) is 0 Å². The van der Waals surface area contributed by atoms with E-state index in [1.54, 1.807) is 0 Å². The molecule has 0 atom stereocenters. The van der Waals surface area contributed by atoms with Crippen LogP contribution in [0.4, 0.5) is 0 Å². The molecule has 0 unspecified atom stereocenters. The summed E-state index contributed by atoms with van der Waals surface area (Å²) in [5.41, 5.74) is 0.711. The van der Waals surface area contributed by atoms with Crippen molar-refractivity contribution in [2.75, 3.05) is 26.2 Å². The summed E-state index contributed by atoms with van der Waals surface area (Å²) < 4.78 is 0. The van der Waals surface area contributed by atoms with E-state index in [1.807, 2.05) is 0 Å². The first-order valence-corrected chi connectivity index (χ1v) is 5.83. The Morgan fingerprint density at radius 3 is 2.54 bits per heavy atom. The van der Waals surface area contributed by atoms with Gasteiger partial charge in [0.1, 0.15) is 0 Å². The highest BCUT2D eigenvalue weighted by Gasteiger charge is 2.47. The van der Waals surface area contributed by atoms with E-state index in [0.29, 0.717) is 5.41 Å². The molecule has 3 fully saturated rings. The highest BCUT2D eigenvalue weighted by molar-refractivity contribution is 5.02. The van der Waals surface area contributed by atoms with Gasteiger partial charge in [0.25, 0.3) is 0 Å². The van der Waals surface area contributed by atoms with Crippen LogP contribution in [0.1, 0.15) is 32.1 Å². The molecule has 1 aliphatic carbocycles. The lowest BCUT2D eigenvalue weighted by molar-refractivity contribution is -0.0156. The lowest BCUT2D eigenvalue weighted by Crippen LogP contribution is -2.60. The summed E-state index contributed by atoms with van der Waals surface area (Å²) in [4.78, 5) is 2.74. The van der Waals surface area contributed by atoms with E-state index in [0.717, 1.165) is 6.04 Å². The maximum absolute atomic E-state index is 3.50. The summed E-state index contributed by atoms with van der Waals surface area (Å²) in [7, 11) is 0. The molecule has 0 aromatic rings. The van der Waals surface area contributed by atoms with Crippen LogP contribution in [0.15, 0.2) is 0 Å². The molecule has 1 spiro atoms. The molecule has 2 saturated heterocycles. The van der Waals surface area contributed by atoms with Crippen molar-refractivity contribution in [3.8, 4) is 0 Å². The van der Waals surface area contributed by atoms with Crippen LogP contribution in [0.25, 0.3) is 0 Å². The second-order valence-corrected chi connectivity index (χ2v) is 5.27. The Hall–Kier alpha value is -0.0800. The Morgan fingerprint density at radius 2 is 1.92 bits per heavy atom. The summed E-state index contributed by atoms with van der Waals surface area (Å²) >= 11 is 0. The van der Waals surface area contributed by atoms with Gasteiger partial charge >= 0.3 is 0 Å². The first-order chi connectivity index (χ1) is 6.38. The van der Waals surface area contributed by atoms with Crippen LogP contribution in [0.2, 0.25) is 0 Å². The number of hydrogen-bond acceptors (Lipinski definition) is 2. The van der Waals surface area contributed by atoms with E-state index in [4.69, 9.17) is 0 Å². The first-order valence-electron chi connectivity index (χ1n) is 5.83. The highest BCUT2D eigenvalue weighted by Crippen LogP contribution is 2.40. The van der Waals surface area contributed by atoms with E-state index in [9.17, 15) is 0 Å². The molecule has 3 rings (SSSR count). The third-order valence-electron chi connectivity index (χ3n) is 4.25. The molecule has 0 aromatic heterocycles. The molecule has 0 radical (unpaired) electrons. The van der Waals surface area contributed by atoms with Crippen LogP contribution in [-0.4, -0.2) is 37.1 Å². The van der Waals surface area contributed by atoms with Gasteiger partial charge < -0.3 is 5.32 Å². The normalized spacial score (nSPS) is 34.2. The molecule has 2 heterocycles. The van der Waals surface area contributed by atoms with Gasteiger partial charge in [-0.1, -0.05) is 12.8 Å². The Labute approximate surface area is 80.7 Å². The number of nitrogens with one attached hydrogen (secondary N) is 1. The third-order valence-corrected chi connectivity index (χ3v) is 4.25. The van der Waals surface area contributed by atoms with Gasteiger partial charge in [-0.25, -0.2) is 0 Å². The van der Waals surface area contributed by atoms with Crippen molar-refractivity contribution in [1.29, 1.82) is 0 Å². The average molecular weight is 180 g/mol. The molecule has 2 nitrogen and oxygen atoms in total. The van der Waals surface area contributed by atoms with Gasteiger partial charge in [-0.05, 0) is 25.8 Å². The number of hydrogen-bond donors (Lipinski definition) is 1. The molecule has 1 saturated carbocycles. The fourth-order valence-electron chi connectivity index (χ4n) is 3.41. The first kappa shape index (κ1) is 8.25. The molecule has 2 heteroatoms. The number of rotatable bonds is 1. The van der Waals surface area contributed by atoms with Gasteiger partial charge in [-0.3, -0.25) is 4.90 Å². The Bertz CT molecular complexity index is 182. The zero-order chi connectivity index (χ0) is 8.73. The number of nitrogens with zero attached hydrogens (tertiary/aromatic N) is 1. The van der Waals surface area contributed by atoms with Crippen molar-refractivity contribution in [2.45, 2.75) is 38.1 Å². The zero-order valence-electron chi connectivity index (χ0n) is 8.39. The lowest BCUT2D eigenvalue weighted by atomic mass is 9.78. The van der Waals surface area contributed by atoms with E-state index in [1.165, 1.54) is 58.3 Å². The maximum atomic E-state index is 3.50. The van der Waals surface area contributed by atoms with Gasteiger partial charge in [0.05, 0.1) is 0 Å². The molecule has 3 aliphatic rings. The molecular weight excluding hydrogens is 160 g/mol. The van der Waals surface area contributed by atoms with Gasteiger partial charge in [0.15, 0.2) is 0 Å². The molecule has 0 bridgehead atoms. The Balaban J connectivity index is 1.55. The molecule has 13 heavy (non-hydrogen) atoms. The van der Waals surface area contributed by atoms with Crippen LogP contribution >= 0.6 is 0 Å². The lowest BCUT2D eigenvalue weighted by Gasteiger charge is -2.50. The van der Waals surface area contributed by atoms with Crippen molar-refractivity contribution in [1.82, 2.24) is 10.2 Å². The quantitative estimate of drug-likeness (QED) is 0.653. The predicted molar refractivity (Wildman–Crippen MR) is 53.7 cm³/mol. The van der Waals surface area contributed by atoms with Gasteiger partial charge in [-0.2, -0.15) is 0 Å². The summed E-state index contributed by atoms with van der Waals surface area (Å²) in [6, 6.07) is 0.964. The van der Waals surface area contributed by atoms with Crippen molar-refractivity contribution >= 4 is 0 Å². The van der Waals surface area contributed by atoms with Gasteiger partial charge in [-0.15, -0.1) is 0 Å². The minimum atomic E-state index is 0.711. The van der Waals surface area contributed by atoms with Crippen LogP contribution < -0.4 is 5.32 Å². The second-order valence-electron chi connectivity index (χ2n) is 5.27. The molecule has 2 aliphatic heterocycles. The highest BCUT2D eigenvalue weighted by atomic mass is 15.3. The Morgan fingerprint density at radius 1 is 1.15 bits per heavy atom. The summed E-state index contributed by atoms with van der Waals surface area (Å²) in [6.07, 6.45) is 7.34. The van der Waals surface area contributed by atoms with E-state index >= 15 is 0 Å². The van der Waals surface area contributed by atoms with Crippen LogP contribution in [0.3, 0.4) is 0 Å². The largest absolute Gasteiger partial charge is 0.316 e. The monoisotopic (exact) mass is 180 g/mol. The standard InChI is InChI=1S/C11H20N2/c1-2-4-10(3-1)13-8-11(9-13)5-6-12-7-11/h10,12H,1-9H2. The van der Waals surface area contributed by atoms with Gasteiger partial charge in [0, 0.05) is 31.1 Å². The summed E-state index contributed by atoms with van der Waals surface area (Å²) in [5, 5.41) is 3.50. The minimum Gasteiger partial charge on any atom is -0.316 e. The molecule has 0 amide bonds. The Kier molecular flexibility index (Phi) is 1.88. The molecule has 1 N–H and O–H groups in total. The van der Waals surface area contributed by atoms with E-state index in [-0.39, 0.29) is 0 Å². The molecule has 74 valence electrons. The third kappa shape index (κ3) is 1.31. The number of likely N-dealkylation sites (tertiary alicyclic amines) is 1.